The van der Waals surface area contributed by atoms with Crippen LogP contribution in [-0.2, 0) is 0 Å². The summed E-state index contributed by atoms with van der Waals surface area (Å²) in [6, 6.07) is 10.9. The molecule has 5 heteroatoms. The smallest absolute Gasteiger partial charge is 0.167 e. The second-order valence-electron chi connectivity index (χ2n) is 4.22. The average molecular weight is 336 g/mol. The Hall–Kier alpha value is -1.90. The highest BCUT2D eigenvalue weighted by Gasteiger charge is 2.13. The lowest BCUT2D eigenvalue weighted by Crippen LogP contribution is -1.97. The molecular formula is C15H11BrFNO2. The average Bonchev–Trinajstić information content (AvgIpc) is 2.42. The minimum absolute atomic E-state index is 0.00761. The Morgan fingerprint density at radius 2 is 1.95 bits per heavy atom. The molecule has 1 N–H and O–H groups in total. The number of nitrogens with zero attached hydrogens (tertiary/aromatic N) is 1. The third-order valence-electron chi connectivity index (χ3n) is 2.70. The second kappa shape index (κ2) is 6.04. The number of halogens is 2. The lowest BCUT2D eigenvalue weighted by atomic mass is 10.1. The van der Waals surface area contributed by atoms with Gasteiger partial charge in [0, 0.05) is 10.0 Å². The first-order chi connectivity index (χ1) is 9.51. The largest absolute Gasteiger partial charge is 0.454 e. The van der Waals surface area contributed by atoms with Gasteiger partial charge in [-0.3, -0.25) is 0 Å². The first-order valence-corrected chi connectivity index (χ1v) is 6.65. The number of rotatable bonds is 3. The molecule has 0 spiro atoms. The van der Waals surface area contributed by atoms with Crippen LogP contribution in [0.2, 0.25) is 0 Å². The van der Waals surface area contributed by atoms with Crippen molar-refractivity contribution in [3.63, 3.8) is 0 Å². The predicted molar refractivity (Wildman–Crippen MR) is 76.0 cm³/mol. The highest BCUT2D eigenvalue weighted by Crippen LogP contribution is 2.33. The number of benzene rings is 2. The summed E-state index contributed by atoms with van der Waals surface area (Å²) in [5.74, 6) is -0.247. The fourth-order valence-corrected chi connectivity index (χ4v) is 2.09. The standard InChI is InChI=1S/C15H11BrFNO2/c1-9(19)12-7-11(16)3-5-14(12)20-15-4-2-10(8-18)6-13(15)17/h2-7,9,19H,1H3. The van der Waals surface area contributed by atoms with E-state index in [1.807, 2.05) is 6.07 Å². The van der Waals surface area contributed by atoms with Crippen molar-refractivity contribution in [2.45, 2.75) is 13.0 Å². The molecule has 0 fully saturated rings. The predicted octanol–water partition coefficient (Wildman–Crippen LogP) is 4.31. The van der Waals surface area contributed by atoms with Crippen LogP contribution in [0.3, 0.4) is 0 Å². The third kappa shape index (κ3) is 3.16. The van der Waals surface area contributed by atoms with Crippen LogP contribution in [0, 0.1) is 17.1 Å². The summed E-state index contributed by atoms with van der Waals surface area (Å²) in [4.78, 5) is 0. The van der Waals surface area contributed by atoms with E-state index >= 15 is 0 Å². The molecule has 0 aliphatic carbocycles. The summed E-state index contributed by atoms with van der Waals surface area (Å²) in [7, 11) is 0. The summed E-state index contributed by atoms with van der Waals surface area (Å²) < 4.78 is 20.1. The van der Waals surface area contributed by atoms with Gasteiger partial charge in [0.1, 0.15) is 5.75 Å². The van der Waals surface area contributed by atoms with E-state index in [2.05, 4.69) is 15.9 Å². The van der Waals surface area contributed by atoms with E-state index in [0.29, 0.717) is 11.3 Å². The van der Waals surface area contributed by atoms with Crippen LogP contribution in [-0.4, -0.2) is 5.11 Å². The molecule has 0 heterocycles. The fourth-order valence-electron chi connectivity index (χ4n) is 1.71. The maximum absolute atomic E-state index is 13.8. The van der Waals surface area contributed by atoms with Gasteiger partial charge >= 0.3 is 0 Å². The van der Waals surface area contributed by atoms with Gasteiger partial charge in [0.15, 0.2) is 11.6 Å². The molecule has 1 atom stereocenters. The molecular weight excluding hydrogens is 325 g/mol. The summed E-state index contributed by atoms with van der Waals surface area (Å²) in [5, 5.41) is 18.4. The van der Waals surface area contributed by atoms with E-state index in [4.69, 9.17) is 10.00 Å². The maximum Gasteiger partial charge on any atom is 0.167 e. The molecule has 0 aromatic heterocycles. The number of aliphatic hydroxyl groups excluding tert-OH is 1. The second-order valence-corrected chi connectivity index (χ2v) is 5.13. The van der Waals surface area contributed by atoms with Gasteiger partial charge in [0.2, 0.25) is 0 Å². The van der Waals surface area contributed by atoms with Crippen LogP contribution in [0.1, 0.15) is 24.2 Å². The van der Waals surface area contributed by atoms with Crippen LogP contribution in [0.15, 0.2) is 40.9 Å². The van der Waals surface area contributed by atoms with Crippen LogP contribution in [0.25, 0.3) is 0 Å². The zero-order valence-corrected chi connectivity index (χ0v) is 12.2. The normalized spacial score (nSPS) is 11.8. The summed E-state index contributed by atoms with van der Waals surface area (Å²) in [5.41, 5.74) is 0.768. The van der Waals surface area contributed by atoms with E-state index in [0.717, 1.165) is 10.5 Å². The molecule has 0 saturated carbocycles. The van der Waals surface area contributed by atoms with Gasteiger partial charge in [-0.05, 0) is 43.3 Å². The zero-order valence-electron chi connectivity index (χ0n) is 10.6. The third-order valence-corrected chi connectivity index (χ3v) is 3.20. The maximum atomic E-state index is 13.8. The SMILES string of the molecule is CC(O)c1cc(Br)ccc1Oc1ccc(C#N)cc1F. The molecule has 20 heavy (non-hydrogen) atoms. The number of hydrogen-bond acceptors (Lipinski definition) is 3. The zero-order chi connectivity index (χ0) is 14.7. The highest BCUT2D eigenvalue weighted by molar-refractivity contribution is 9.10. The lowest BCUT2D eigenvalue weighted by Gasteiger charge is -2.14. The van der Waals surface area contributed by atoms with Crippen molar-refractivity contribution in [2.75, 3.05) is 0 Å². The minimum Gasteiger partial charge on any atom is -0.454 e. The quantitative estimate of drug-likeness (QED) is 0.909. The molecule has 0 radical (unpaired) electrons. The van der Waals surface area contributed by atoms with E-state index in [-0.39, 0.29) is 11.3 Å². The number of aliphatic hydroxyl groups is 1. The fraction of sp³-hybridized carbons (Fsp3) is 0.133. The van der Waals surface area contributed by atoms with Crippen molar-refractivity contribution in [3.8, 4) is 17.6 Å². The van der Waals surface area contributed by atoms with Crippen LogP contribution < -0.4 is 4.74 Å². The van der Waals surface area contributed by atoms with Crippen molar-refractivity contribution in [3.05, 3.63) is 57.8 Å². The Morgan fingerprint density at radius 3 is 2.55 bits per heavy atom. The molecule has 2 rings (SSSR count). The summed E-state index contributed by atoms with van der Waals surface area (Å²) in [6.45, 7) is 1.60. The topological polar surface area (TPSA) is 53.2 Å². The minimum atomic E-state index is -0.746. The molecule has 0 amide bonds. The first-order valence-electron chi connectivity index (χ1n) is 5.86. The molecule has 2 aromatic carbocycles. The Morgan fingerprint density at radius 1 is 1.25 bits per heavy atom. The number of hydrogen-bond donors (Lipinski definition) is 1. The molecule has 102 valence electrons. The molecule has 2 aromatic rings. The van der Waals surface area contributed by atoms with Crippen molar-refractivity contribution >= 4 is 15.9 Å². The van der Waals surface area contributed by atoms with Gasteiger partial charge in [-0.1, -0.05) is 15.9 Å². The Labute approximate surface area is 124 Å². The molecule has 0 aliphatic heterocycles. The highest BCUT2D eigenvalue weighted by atomic mass is 79.9. The number of nitriles is 1. The van der Waals surface area contributed by atoms with Crippen LogP contribution >= 0.6 is 15.9 Å². The molecule has 0 saturated heterocycles. The Balaban J connectivity index is 2.38. The van der Waals surface area contributed by atoms with E-state index in [9.17, 15) is 9.50 Å². The molecule has 3 nitrogen and oxygen atoms in total. The van der Waals surface area contributed by atoms with E-state index in [1.54, 1.807) is 25.1 Å². The van der Waals surface area contributed by atoms with Gasteiger partial charge in [-0.15, -0.1) is 0 Å². The summed E-state index contributed by atoms with van der Waals surface area (Å²) >= 11 is 3.31. The van der Waals surface area contributed by atoms with Crippen LogP contribution in [0.5, 0.6) is 11.5 Å². The van der Waals surface area contributed by atoms with E-state index in [1.165, 1.54) is 12.1 Å². The van der Waals surface area contributed by atoms with Crippen molar-refractivity contribution in [1.82, 2.24) is 0 Å². The van der Waals surface area contributed by atoms with Gasteiger partial charge in [-0.2, -0.15) is 5.26 Å². The molecule has 0 bridgehead atoms. The van der Waals surface area contributed by atoms with Gasteiger partial charge < -0.3 is 9.84 Å². The van der Waals surface area contributed by atoms with Gasteiger partial charge in [0.25, 0.3) is 0 Å². The molecule has 0 aliphatic rings. The summed E-state index contributed by atoms with van der Waals surface area (Å²) in [6.07, 6.45) is -0.746. The first kappa shape index (κ1) is 14.5. The Kier molecular flexibility index (Phi) is 4.38. The van der Waals surface area contributed by atoms with Crippen molar-refractivity contribution in [1.29, 1.82) is 5.26 Å². The lowest BCUT2D eigenvalue weighted by molar-refractivity contribution is 0.195. The molecule has 1 unspecified atom stereocenters. The van der Waals surface area contributed by atoms with Crippen molar-refractivity contribution < 1.29 is 14.2 Å². The van der Waals surface area contributed by atoms with Crippen molar-refractivity contribution in [2.24, 2.45) is 0 Å². The number of ether oxygens (including phenoxy) is 1. The Bertz CT molecular complexity index is 680. The van der Waals surface area contributed by atoms with Gasteiger partial charge in [-0.25, -0.2) is 4.39 Å². The van der Waals surface area contributed by atoms with E-state index < -0.39 is 11.9 Å². The van der Waals surface area contributed by atoms with Crippen LogP contribution in [0.4, 0.5) is 4.39 Å². The monoisotopic (exact) mass is 335 g/mol. The van der Waals surface area contributed by atoms with Gasteiger partial charge in [0.05, 0.1) is 17.7 Å².